The van der Waals surface area contributed by atoms with E-state index in [1.165, 1.54) is 45.2 Å². The summed E-state index contributed by atoms with van der Waals surface area (Å²) in [6.45, 7) is 7.20. The lowest BCUT2D eigenvalue weighted by molar-refractivity contribution is 0.381. The zero-order valence-corrected chi connectivity index (χ0v) is 8.60. The molecule has 2 atom stereocenters. The maximum atomic E-state index is 3.54. The highest BCUT2D eigenvalue weighted by Gasteiger charge is 2.07. The van der Waals surface area contributed by atoms with Crippen molar-refractivity contribution >= 4 is 0 Å². The minimum Gasteiger partial charge on any atom is -0.316 e. The van der Waals surface area contributed by atoms with Crippen molar-refractivity contribution in [3.05, 3.63) is 0 Å². The lowest BCUT2D eigenvalue weighted by Gasteiger charge is -2.18. The summed E-state index contributed by atoms with van der Waals surface area (Å²) in [6, 6.07) is 0. The van der Waals surface area contributed by atoms with Gasteiger partial charge in [-0.05, 0) is 37.8 Å². The molecule has 0 aromatic carbocycles. The average molecular weight is 169 g/mol. The molecular formula is C11H23N. The molecule has 1 N–H and O–H groups in total. The van der Waals surface area contributed by atoms with E-state index in [0.717, 1.165) is 11.8 Å². The van der Waals surface area contributed by atoms with Crippen LogP contribution in [-0.4, -0.2) is 13.1 Å². The zero-order chi connectivity index (χ0) is 8.81. The van der Waals surface area contributed by atoms with E-state index in [4.69, 9.17) is 0 Å². The van der Waals surface area contributed by atoms with Gasteiger partial charge in [-0.1, -0.05) is 33.1 Å². The van der Waals surface area contributed by atoms with Crippen LogP contribution >= 0.6 is 0 Å². The summed E-state index contributed by atoms with van der Waals surface area (Å²) in [5.41, 5.74) is 0. The van der Waals surface area contributed by atoms with Crippen LogP contribution in [0.4, 0.5) is 0 Å². The van der Waals surface area contributed by atoms with Crippen LogP contribution in [0.3, 0.4) is 0 Å². The molecule has 0 radical (unpaired) electrons. The van der Waals surface area contributed by atoms with E-state index in [2.05, 4.69) is 19.2 Å². The molecule has 0 saturated carbocycles. The van der Waals surface area contributed by atoms with Crippen LogP contribution in [0.25, 0.3) is 0 Å². The molecule has 0 amide bonds. The first-order valence-electron chi connectivity index (χ1n) is 5.49. The molecule has 1 aliphatic rings. The van der Waals surface area contributed by atoms with Crippen molar-refractivity contribution in [3.63, 3.8) is 0 Å². The van der Waals surface area contributed by atoms with Gasteiger partial charge in [0.05, 0.1) is 0 Å². The summed E-state index contributed by atoms with van der Waals surface area (Å²) < 4.78 is 0. The maximum absolute atomic E-state index is 3.54. The van der Waals surface area contributed by atoms with Gasteiger partial charge in [-0.3, -0.25) is 0 Å². The van der Waals surface area contributed by atoms with Gasteiger partial charge in [0.25, 0.3) is 0 Å². The monoisotopic (exact) mass is 169 g/mol. The Morgan fingerprint density at radius 1 is 0.917 bits per heavy atom. The third-order valence-electron chi connectivity index (χ3n) is 2.95. The fourth-order valence-corrected chi connectivity index (χ4v) is 1.93. The van der Waals surface area contributed by atoms with Gasteiger partial charge in [-0.2, -0.15) is 0 Å². The molecule has 0 bridgehead atoms. The minimum atomic E-state index is 0.887. The number of hydrogen-bond acceptors (Lipinski definition) is 1. The molecule has 1 saturated heterocycles. The first kappa shape index (κ1) is 10.0. The third-order valence-corrected chi connectivity index (χ3v) is 2.95. The second kappa shape index (κ2) is 5.58. The van der Waals surface area contributed by atoms with Gasteiger partial charge in [-0.25, -0.2) is 0 Å². The summed E-state index contributed by atoms with van der Waals surface area (Å²) in [4.78, 5) is 0. The van der Waals surface area contributed by atoms with Gasteiger partial charge >= 0.3 is 0 Å². The Labute approximate surface area is 76.9 Å². The van der Waals surface area contributed by atoms with E-state index < -0.39 is 0 Å². The molecule has 12 heavy (non-hydrogen) atoms. The Balaban J connectivity index is 2.20. The number of hydrogen-bond donors (Lipinski definition) is 1. The fraction of sp³-hybridized carbons (Fsp3) is 1.00. The molecule has 72 valence electrons. The van der Waals surface area contributed by atoms with Gasteiger partial charge in [0.15, 0.2) is 0 Å². The molecule has 0 aromatic heterocycles. The van der Waals surface area contributed by atoms with E-state index in [-0.39, 0.29) is 0 Å². The Hall–Kier alpha value is -0.0400. The molecule has 0 aliphatic carbocycles. The van der Waals surface area contributed by atoms with Crippen LogP contribution in [0, 0.1) is 11.8 Å². The highest BCUT2D eigenvalue weighted by Crippen LogP contribution is 2.16. The average Bonchev–Trinajstić information content (AvgIpc) is 2.06. The molecule has 1 fully saturated rings. The first-order valence-corrected chi connectivity index (χ1v) is 5.49. The molecule has 1 rings (SSSR count). The zero-order valence-electron chi connectivity index (χ0n) is 8.60. The van der Waals surface area contributed by atoms with E-state index in [9.17, 15) is 0 Å². The van der Waals surface area contributed by atoms with Gasteiger partial charge in [0.2, 0.25) is 0 Å². The SMILES string of the molecule is CC1CCCCC(C)CNCC1. The fourth-order valence-electron chi connectivity index (χ4n) is 1.93. The van der Waals surface area contributed by atoms with Crippen molar-refractivity contribution in [3.8, 4) is 0 Å². The van der Waals surface area contributed by atoms with Gasteiger partial charge in [-0.15, -0.1) is 0 Å². The van der Waals surface area contributed by atoms with Crippen molar-refractivity contribution in [2.45, 2.75) is 46.0 Å². The molecular weight excluding hydrogens is 146 g/mol. The first-order chi connectivity index (χ1) is 5.79. The Morgan fingerprint density at radius 3 is 2.33 bits per heavy atom. The molecule has 0 aromatic rings. The van der Waals surface area contributed by atoms with Gasteiger partial charge < -0.3 is 5.32 Å². The van der Waals surface area contributed by atoms with E-state index >= 15 is 0 Å². The summed E-state index contributed by atoms with van der Waals surface area (Å²) in [7, 11) is 0. The van der Waals surface area contributed by atoms with Crippen molar-refractivity contribution in [2.24, 2.45) is 11.8 Å². The summed E-state index contributed by atoms with van der Waals surface area (Å²) in [5.74, 6) is 1.82. The van der Waals surface area contributed by atoms with Crippen molar-refractivity contribution in [1.82, 2.24) is 5.32 Å². The third kappa shape index (κ3) is 4.10. The Bertz CT molecular complexity index is 85.6. The number of nitrogens with one attached hydrogen (secondary N) is 1. The molecule has 1 heteroatoms. The van der Waals surface area contributed by atoms with Crippen LogP contribution in [0.1, 0.15) is 46.0 Å². The van der Waals surface area contributed by atoms with Crippen LogP contribution in [-0.2, 0) is 0 Å². The van der Waals surface area contributed by atoms with Crippen LogP contribution in [0.2, 0.25) is 0 Å². The Morgan fingerprint density at radius 2 is 1.58 bits per heavy atom. The number of rotatable bonds is 0. The molecule has 2 unspecified atom stereocenters. The van der Waals surface area contributed by atoms with E-state index in [0.29, 0.717) is 0 Å². The van der Waals surface area contributed by atoms with Crippen LogP contribution < -0.4 is 5.32 Å². The van der Waals surface area contributed by atoms with E-state index in [1.54, 1.807) is 0 Å². The quantitative estimate of drug-likeness (QED) is 0.588. The molecule has 1 heterocycles. The standard InChI is InChI=1S/C11H23N/c1-10-5-3-4-6-11(2)9-12-8-7-10/h10-12H,3-9H2,1-2H3. The maximum Gasteiger partial charge on any atom is -0.00232 e. The summed E-state index contributed by atoms with van der Waals surface area (Å²) in [6.07, 6.45) is 7.11. The minimum absolute atomic E-state index is 0.887. The van der Waals surface area contributed by atoms with Crippen molar-refractivity contribution < 1.29 is 0 Å². The van der Waals surface area contributed by atoms with Gasteiger partial charge in [0, 0.05) is 0 Å². The van der Waals surface area contributed by atoms with Crippen molar-refractivity contribution in [1.29, 1.82) is 0 Å². The summed E-state index contributed by atoms with van der Waals surface area (Å²) in [5, 5.41) is 3.54. The summed E-state index contributed by atoms with van der Waals surface area (Å²) >= 11 is 0. The highest BCUT2D eigenvalue weighted by atomic mass is 14.8. The van der Waals surface area contributed by atoms with Crippen LogP contribution in [0.15, 0.2) is 0 Å². The second-order valence-electron chi connectivity index (χ2n) is 4.49. The molecule has 1 aliphatic heterocycles. The van der Waals surface area contributed by atoms with E-state index in [1.807, 2.05) is 0 Å². The van der Waals surface area contributed by atoms with Gasteiger partial charge in [0.1, 0.15) is 0 Å². The lowest BCUT2D eigenvalue weighted by atomic mass is 9.95. The second-order valence-corrected chi connectivity index (χ2v) is 4.49. The van der Waals surface area contributed by atoms with Crippen molar-refractivity contribution in [2.75, 3.05) is 13.1 Å². The largest absolute Gasteiger partial charge is 0.316 e. The predicted molar refractivity (Wildman–Crippen MR) is 54.3 cm³/mol. The highest BCUT2D eigenvalue weighted by molar-refractivity contribution is 4.63. The molecule has 0 spiro atoms. The van der Waals surface area contributed by atoms with Crippen LogP contribution in [0.5, 0.6) is 0 Å². The Kier molecular flexibility index (Phi) is 4.67. The predicted octanol–water partition coefficient (Wildman–Crippen LogP) is 2.81. The smallest absolute Gasteiger partial charge is 0.00232 e. The molecule has 1 nitrogen and oxygen atoms in total. The normalized spacial score (nSPS) is 34.5. The lowest BCUT2D eigenvalue weighted by Crippen LogP contribution is -2.24. The topological polar surface area (TPSA) is 12.0 Å².